The number of hydrogen-bond donors (Lipinski definition) is 1. The Morgan fingerprint density at radius 2 is 1.95 bits per heavy atom. The molecule has 1 atom stereocenters. The molecule has 1 unspecified atom stereocenters. The first kappa shape index (κ1) is 15.4. The second kappa shape index (κ2) is 6.61. The molecule has 2 rings (SSSR count). The zero-order valence-electron chi connectivity index (χ0n) is 12.0. The third-order valence-corrected chi connectivity index (χ3v) is 3.97. The molecule has 0 radical (unpaired) electrons. The van der Waals surface area contributed by atoms with Crippen molar-refractivity contribution in [2.75, 3.05) is 6.54 Å². The van der Waals surface area contributed by atoms with Gasteiger partial charge in [-0.1, -0.05) is 36.2 Å². The molecule has 1 N–H and O–H groups in total. The number of aryl methyl sites for hydroxylation is 2. The summed E-state index contributed by atoms with van der Waals surface area (Å²) < 4.78 is 1.91. The van der Waals surface area contributed by atoms with E-state index in [1.807, 2.05) is 36.9 Å². The Hall–Kier alpha value is -1.03. The van der Waals surface area contributed by atoms with Gasteiger partial charge in [-0.05, 0) is 31.7 Å². The Labute approximate surface area is 129 Å². The van der Waals surface area contributed by atoms with E-state index in [0.717, 1.165) is 29.9 Å². The Balaban J connectivity index is 2.34. The quantitative estimate of drug-likeness (QED) is 0.906. The van der Waals surface area contributed by atoms with Gasteiger partial charge in [0.05, 0.1) is 5.69 Å². The van der Waals surface area contributed by atoms with Crippen molar-refractivity contribution in [2.24, 2.45) is 7.05 Å². The van der Waals surface area contributed by atoms with Crippen molar-refractivity contribution in [1.82, 2.24) is 15.1 Å². The van der Waals surface area contributed by atoms with E-state index in [1.165, 1.54) is 0 Å². The van der Waals surface area contributed by atoms with Crippen LogP contribution < -0.4 is 5.32 Å². The van der Waals surface area contributed by atoms with Crippen LogP contribution in [0.15, 0.2) is 24.3 Å². The minimum absolute atomic E-state index is 0.0796. The Morgan fingerprint density at radius 3 is 2.45 bits per heavy atom. The molecular weight excluding hydrogens is 293 g/mol. The molecular formula is C15H19Cl2N3. The van der Waals surface area contributed by atoms with Gasteiger partial charge >= 0.3 is 0 Å². The van der Waals surface area contributed by atoms with E-state index in [4.69, 9.17) is 23.2 Å². The number of rotatable bonds is 5. The molecule has 20 heavy (non-hydrogen) atoms. The number of benzene rings is 1. The van der Waals surface area contributed by atoms with Gasteiger partial charge in [0.25, 0.3) is 0 Å². The van der Waals surface area contributed by atoms with E-state index in [1.54, 1.807) is 0 Å². The molecule has 0 aliphatic carbocycles. The fourth-order valence-corrected chi connectivity index (χ4v) is 3.09. The molecule has 0 aliphatic heterocycles. The van der Waals surface area contributed by atoms with Gasteiger partial charge in [-0.2, -0.15) is 5.10 Å². The lowest BCUT2D eigenvalue weighted by Gasteiger charge is -2.21. The van der Waals surface area contributed by atoms with E-state index in [-0.39, 0.29) is 6.04 Å². The van der Waals surface area contributed by atoms with E-state index >= 15 is 0 Å². The van der Waals surface area contributed by atoms with Gasteiger partial charge in [-0.3, -0.25) is 4.68 Å². The summed E-state index contributed by atoms with van der Waals surface area (Å²) in [6, 6.07) is 7.79. The van der Waals surface area contributed by atoms with E-state index in [0.29, 0.717) is 10.0 Å². The van der Waals surface area contributed by atoms with E-state index in [9.17, 15) is 0 Å². The van der Waals surface area contributed by atoms with Crippen LogP contribution >= 0.6 is 23.2 Å². The van der Waals surface area contributed by atoms with E-state index in [2.05, 4.69) is 23.4 Å². The number of nitrogens with zero attached hydrogens (tertiary/aromatic N) is 2. The lowest BCUT2D eigenvalue weighted by atomic mass is 10.0. The second-order valence-electron chi connectivity index (χ2n) is 4.85. The van der Waals surface area contributed by atoms with Crippen LogP contribution in [0.3, 0.4) is 0 Å². The van der Waals surface area contributed by atoms with Crippen molar-refractivity contribution in [1.29, 1.82) is 0 Å². The lowest BCUT2D eigenvalue weighted by Crippen LogP contribution is -2.24. The largest absolute Gasteiger partial charge is 0.310 e. The highest BCUT2D eigenvalue weighted by Crippen LogP contribution is 2.32. The fourth-order valence-electron chi connectivity index (χ4n) is 2.43. The van der Waals surface area contributed by atoms with Crippen LogP contribution in [0.25, 0.3) is 0 Å². The normalized spacial score (nSPS) is 12.7. The summed E-state index contributed by atoms with van der Waals surface area (Å²) in [5, 5.41) is 9.23. The van der Waals surface area contributed by atoms with E-state index < -0.39 is 0 Å². The Kier molecular flexibility index (Phi) is 5.08. The van der Waals surface area contributed by atoms with Crippen LogP contribution in [0.2, 0.25) is 10.0 Å². The summed E-state index contributed by atoms with van der Waals surface area (Å²) in [6.07, 6.45) is 0.800. The predicted octanol–water partition coefficient (Wildman–Crippen LogP) is 3.93. The third kappa shape index (κ3) is 3.35. The Morgan fingerprint density at radius 1 is 1.30 bits per heavy atom. The summed E-state index contributed by atoms with van der Waals surface area (Å²) in [5.41, 5.74) is 3.13. The number of hydrogen-bond acceptors (Lipinski definition) is 2. The number of nitrogens with one attached hydrogen (secondary N) is 1. The predicted molar refractivity (Wildman–Crippen MR) is 84.5 cm³/mol. The molecule has 0 saturated heterocycles. The molecule has 0 saturated carbocycles. The summed E-state index contributed by atoms with van der Waals surface area (Å²) in [4.78, 5) is 0. The maximum atomic E-state index is 6.32. The van der Waals surface area contributed by atoms with Crippen molar-refractivity contribution < 1.29 is 0 Å². The summed E-state index contributed by atoms with van der Waals surface area (Å²) >= 11 is 12.6. The SMILES string of the molecule is CCNC(Cc1cc(C)nn1C)c1c(Cl)cccc1Cl. The average molecular weight is 312 g/mol. The van der Waals surface area contributed by atoms with Crippen molar-refractivity contribution in [3.63, 3.8) is 0 Å². The Bertz CT molecular complexity index is 573. The van der Waals surface area contributed by atoms with Crippen LogP contribution in [-0.4, -0.2) is 16.3 Å². The van der Waals surface area contributed by atoms with Crippen LogP contribution in [0.4, 0.5) is 0 Å². The van der Waals surface area contributed by atoms with Crippen molar-refractivity contribution >= 4 is 23.2 Å². The molecule has 0 fully saturated rings. The maximum Gasteiger partial charge on any atom is 0.0596 e. The number of halogens is 2. The van der Waals surface area contributed by atoms with Crippen molar-refractivity contribution in [3.05, 3.63) is 51.3 Å². The highest BCUT2D eigenvalue weighted by atomic mass is 35.5. The smallest absolute Gasteiger partial charge is 0.0596 e. The molecule has 1 aromatic heterocycles. The first-order valence-electron chi connectivity index (χ1n) is 6.69. The van der Waals surface area contributed by atoms with Gasteiger partial charge in [-0.15, -0.1) is 0 Å². The molecule has 0 aliphatic rings. The van der Waals surface area contributed by atoms with Crippen molar-refractivity contribution in [3.8, 4) is 0 Å². The minimum Gasteiger partial charge on any atom is -0.310 e. The molecule has 1 heterocycles. The summed E-state index contributed by atoms with van der Waals surface area (Å²) in [6.45, 7) is 4.92. The van der Waals surface area contributed by atoms with Gasteiger partial charge < -0.3 is 5.32 Å². The highest BCUT2D eigenvalue weighted by molar-refractivity contribution is 6.36. The van der Waals surface area contributed by atoms with Gasteiger partial charge in [0, 0.05) is 40.8 Å². The van der Waals surface area contributed by atoms with Gasteiger partial charge in [0.1, 0.15) is 0 Å². The first-order valence-corrected chi connectivity index (χ1v) is 7.45. The molecule has 2 aromatic rings. The number of aromatic nitrogens is 2. The van der Waals surface area contributed by atoms with Crippen molar-refractivity contribution in [2.45, 2.75) is 26.3 Å². The van der Waals surface area contributed by atoms with Gasteiger partial charge in [0.15, 0.2) is 0 Å². The first-order chi connectivity index (χ1) is 9.52. The standard InChI is InChI=1S/C15H19Cl2N3/c1-4-18-14(9-11-8-10(2)19-20(11)3)15-12(16)6-5-7-13(15)17/h5-8,14,18H,4,9H2,1-3H3. The second-order valence-corrected chi connectivity index (χ2v) is 5.66. The maximum absolute atomic E-state index is 6.32. The minimum atomic E-state index is 0.0796. The molecule has 0 spiro atoms. The molecule has 0 amide bonds. The van der Waals surface area contributed by atoms with Crippen LogP contribution in [0.5, 0.6) is 0 Å². The average Bonchev–Trinajstić information content (AvgIpc) is 2.67. The fraction of sp³-hybridized carbons (Fsp3) is 0.400. The van der Waals surface area contributed by atoms with Crippen LogP contribution in [0, 0.1) is 6.92 Å². The molecule has 3 nitrogen and oxygen atoms in total. The summed E-state index contributed by atoms with van der Waals surface area (Å²) in [7, 11) is 1.96. The topological polar surface area (TPSA) is 29.9 Å². The van der Waals surface area contributed by atoms with Crippen LogP contribution in [-0.2, 0) is 13.5 Å². The molecule has 1 aromatic carbocycles. The molecule has 5 heteroatoms. The zero-order chi connectivity index (χ0) is 14.7. The molecule has 108 valence electrons. The zero-order valence-corrected chi connectivity index (χ0v) is 13.5. The monoisotopic (exact) mass is 311 g/mol. The summed E-state index contributed by atoms with van der Waals surface area (Å²) in [5.74, 6) is 0. The highest BCUT2D eigenvalue weighted by Gasteiger charge is 2.19. The lowest BCUT2D eigenvalue weighted by molar-refractivity contribution is 0.529. The van der Waals surface area contributed by atoms with Gasteiger partial charge in [-0.25, -0.2) is 0 Å². The number of likely N-dealkylation sites (N-methyl/N-ethyl adjacent to an activating group) is 1. The van der Waals surface area contributed by atoms with Gasteiger partial charge in [0.2, 0.25) is 0 Å². The van der Waals surface area contributed by atoms with Crippen LogP contribution in [0.1, 0.15) is 29.9 Å². The third-order valence-electron chi connectivity index (χ3n) is 3.31. The molecule has 0 bridgehead atoms.